The topological polar surface area (TPSA) is 58.8 Å². The Bertz CT molecular complexity index is 523. The summed E-state index contributed by atoms with van der Waals surface area (Å²) in [6.45, 7) is 7.82. The Hall–Kier alpha value is -1.40. The summed E-state index contributed by atoms with van der Waals surface area (Å²) in [7, 11) is 1.68. The molecule has 3 rings (SSSR count). The Balaban J connectivity index is 1.72. The minimum absolute atomic E-state index is 0.00180. The monoisotopic (exact) mass is 307 g/mol. The Kier molecular flexibility index (Phi) is 4.49. The van der Waals surface area contributed by atoms with Crippen LogP contribution in [0.25, 0.3) is 0 Å². The Morgan fingerprint density at radius 3 is 2.91 bits per heavy atom. The van der Waals surface area contributed by atoms with E-state index in [0.29, 0.717) is 19.1 Å². The number of aromatic nitrogens is 1. The highest BCUT2D eigenvalue weighted by Gasteiger charge is 2.41. The molecule has 0 N–H and O–H groups in total. The molecule has 6 nitrogen and oxygen atoms in total. The number of hydrogen-bond acceptors (Lipinski definition) is 5. The van der Waals surface area contributed by atoms with E-state index in [4.69, 9.17) is 9.26 Å². The number of hydrogen-bond donors (Lipinski definition) is 0. The first-order valence-electron chi connectivity index (χ1n) is 8.03. The van der Waals surface area contributed by atoms with Gasteiger partial charge < -0.3 is 14.2 Å². The molecule has 2 fully saturated rings. The molecule has 1 aromatic heterocycles. The van der Waals surface area contributed by atoms with E-state index in [1.807, 2.05) is 18.7 Å². The Labute approximate surface area is 131 Å². The van der Waals surface area contributed by atoms with Crippen LogP contribution in [0.1, 0.15) is 29.9 Å². The average Bonchev–Trinajstić information content (AvgIpc) is 2.83. The summed E-state index contributed by atoms with van der Waals surface area (Å²) in [6.07, 6.45) is 2.13. The van der Waals surface area contributed by atoms with Crippen LogP contribution in [0, 0.1) is 19.8 Å². The maximum Gasteiger partial charge on any atom is 0.240 e. The number of methoxy groups -OCH3 is 1. The fourth-order valence-corrected chi connectivity index (χ4v) is 3.65. The quantitative estimate of drug-likeness (QED) is 0.822. The van der Waals surface area contributed by atoms with Crippen LogP contribution in [0.2, 0.25) is 0 Å². The normalized spacial score (nSPS) is 25.8. The van der Waals surface area contributed by atoms with Gasteiger partial charge in [-0.25, -0.2) is 0 Å². The number of carbonyl (C=O) groups is 1. The zero-order chi connectivity index (χ0) is 15.7. The molecule has 1 amide bonds. The highest BCUT2D eigenvalue weighted by molar-refractivity contribution is 5.83. The molecule has 2 aliphatic heterocycles. The number of carbonyl (C=O) groups excluding carboxylic acids is 1. The molecule has 1 aromatic rings. The smallest absolute Gasteiger partial charge is 0.240 e. The molecule has 0 saturated carbocycles. The molecule has 3 heterocycles. The van der Waals surface area contributed by atoms with Gasteiger partial charge in [0.05, 0.1) is 18.3 Å². The predicted molar refractivity (Wildman–Crippen MR) is 81.4 cm³/mol. The highest BCUT2D eigenvalue weighted by Crippen LogP contribution is 2.31. The van der Waals surface area contributed by atoms with Crippen molar-refractivity contribution in [2.45, 2.75) is 39.3 Å². The van der Waals surface area contributed by atoms with Crippen LogP contribution in [-0.4, -0.2) is 60.3 Å². The summed E-state index contributed by atoms with van der Waals surface area (Å²) >= 11 is 0. The number of likely N-dealkylation sites (tertiary alicyclic amines) is 2. The summed E-state index contributed by atoms with van der Waals surface area (Å²) in [5, 5.41) is 4.02. The highest BCUT2D eigenvalue weighted by atomic mass is 16.5. The molecule has 6 heteroatoms. The SMILES string of the molecule is COCCN1C[C@H]2CCN(Cc3c(C)noc3C)[C@H](C2)C1=O. The van der Waals surface area contributed by atoms with Crippen LogP contribution in [0.5, 0.6) is 0 Å². The van der Waals surface area contributed by atoms with Crippen LogP contribution in [0.15, 0.2) is 4.52 Å². The van der Waals surface area contributed by atoms with Crippen molar-refractivity contribution in [2.24, 2.45) is 5.92 Å². The summed E-state index contributed by atoms with van der Waals surface area (Å²) < 4.78 is 10.4. The maximum atomic E-state index is 12.7. The lowest BCUT2D eigenvalue weighted by Crippen LogP contribution is -2.59. The van der Waals surface area contributed by atoms with Gasteiger partial charge in [-0.2, -0.15) is 0 Å². The lowest BCUT2D eigenvalue weighted by atomic mass is 9.85. The second-order valence-corrected chi connectivity index (χ2v) is 6.46. The van der Waals surface area contributed by atoms with E-state index in [1.54, 1.807) is 7.11 Å². The first kappa shape index (κ1) is 15.5. The van der Waals surface area contributed by atoms with E-state index in [2.05, 4.69) is 10.1 Å². The van der Waals surface area contributed by atoms with E-state index in [9.17, 15) is 4.79 Å². The molecular weight excluding hydrogens is 282 g/mol. The summed E-state index contributed by atoms with van der Waals surface area (Å²) in [5.74, 6) is 1.74. The molecular formula is C16H25N3O3. The van der Waals surface area contributed by atoms with Gasteiger partial charge in [0, 0.05) is 32.3 Å². The van der Waals surface area contributed by atoms with Gasteiger partial charge >= 0.3 is 0 Å². The maximum absolute atomic E-state index is 12.7. The zero-order valence-electron chi connectivity index (χ0n) is 13.7. The van der Waals surface area contributed by atoms with E-state index in [-0.39, 0.29) is 11.9 Å². The third-order valence-corrected chi connectivity index (χ3v) is 5.00. The lowest BCUT2D eigenvalue weighted by molar-refractivity contribution is -0.146. The molecule has 0 unspecified atom stereocenters. The summed E-state index contributed by atoms with van der Waals surface area (Å²) in [4.78, 5) is 17.0. The molecule has 122 valence electrons. The number of ether oxygens (including phenoxy) is 1. The molecule has 2 bridgehead atoms. The van der Waals surface area contributed by atoms with Crippen molar-refractivity contribution < 1.29 is 14.1 Å². The van der Waals surface area contributed by atoms with Gasteiger partial charge in [0.2, 0.25) is 5.91 Å². The Morgan fingerprint density at radius 1 is 1.41 bits per heavy atom. The average molecular weight is 307 g/mol. The predicted octanol–water partition coefficient (Wildman–Crippen LogP) is 1.36. The number of rotatable bonds is 5. The molecule has 22 heavy (non-hydrogen) atoms. The van der Waals surface area contributed by atoms with Crippen molar-refractivity contribution in [2.75, 3.05) is 33.4 Å². The first-order valence-corrected chi connectivity index (χ1v) is 8.03. The largest absolute Gasteiger partial charge is 0.383 e. The van der Waals surface area contributed by atoms with E-state index < -0.39 is 0 Å². The van der Waals surface area contributed by atoms with Gasteiger partial charge in [-0.1, -0.05) is 5.16 Å². The van der Waals surface area contributed by atoms with Crippen LogP contribution < -0.4 is 0 Å². The number of piperidine rings is 2. The standard InChI is InChI=1S/C16H25N3O3/c1-11-14(12(2)22-17-11)10-18-5-4-13-8-15(18)16(20)19(9-13)6-7-21-3/h13,15H,4-10H2,1-3H3/t13-,15+/m0/s1. The van der Waals surface area contributed by atoms with Crippen molar-refractivity contribution in [3.63, 3.8) is 0 Å². The van der Waals surface area contributed by atoms with Crippen molar-refractivity contribution >= 4 is 5.91 Å². The summed E-state index contributed by atoms with van der Waals surface area (Å²) in [5.41, 5.74) is 2.05. The van der Waals surface area contributed by atoms with Crippen LogP contribution in [-0.2, 0) is 16.1 Å². The summed E-state index contributed by atoms with van der Waals surface area (Å²) in [6, 6.07) is -0.00180. The number of aryl methyl sites for hydroxylation is 2. The van der Waals surface area contributed by atoms with Gasteiger partial charge in [0.1, 0.15) is 5.76 Å². The van der Waals surface area contributed by atoms with Crippen LogP contribution in [0.4, 0.5) is 0 Å². The molecule has 2 saturated heterocycles. The lowest BCUT2D eigenvalue weighted by Gasteiger charge is -2.46. The molecule has 2 aliphatic rings. The van der Waals surface area contributed by atoms with Gasteiger partial charge in [-0.05, 0) is 39.2 Å². The zero-order valence-corrected chi connectivity index (χ0v) is 13.7. The number of nitrogens with zero attached hydrogens (tertiary/aromatic N) is 3. The van der Waals surface area contributed by atoms with Crippen molar-refractivity contribution in [1.29, 1.82) is 0 Å². The second-order valence-electron chi connectivity index (χ2n) is 6.46. The van der Waals surface area contributed by atoms with Gasteiger partial charge in [-0.3, -0.25) is 9.69 Å². The van der Waals surface area contributed by atoms with Crippen molar-refractivity contribution in [1.82, 2.24) is 15.0 Å². The Morgan fingerprint density at radius 2 is 2.23 bits per heavy atom. The molecule has 0 radical (unpaired) electrons. The fraction of sp³-hybridized carbons (Fsp3) is 0.750. The van der Waals surface area contributed by atoms with E-state index >= 15 is 0 Å². The van der Waals surface area contributed by atoms with Crippen molar-refractivity contribution in [3.05, 3.63) is 17.0 Å². The minimum Gasteiger partial charge on any atom is -0.383 e. The third-order valence-electron chi connectivity index (χ3n) is 5.00. The van der Waals surface area contributed by atoms with Crippen LogP contribution >= 0.6 is 0 Å². The number of amides is 1. The van der Waals surface area contributed by atoms with Crippen LogP contribution in [0.3, 0.4) is 0 Å². The van der Waals surface area contributed by atoms with Crippen molar-refractivity contribution in [3.8, 4) is 0 Å². The first-order chi connectivity index (χ1) is 10.6. The molecule has 2 atom stereocenters. The van der Waals surface area contributed by atoms with E-state index in [1.165, 1.54) is 0 Å². The minimum atomic E-state index is -0.00180. The van der Waals surface area contributed by atoms with Gasteiger partial charge in [-0.15, -0.1) is 0 Å². The molecule has 0 spiro atoms. The van der Waals surface area contributed by atoms with Gasteiger partial charge in [0.15, 0.2) is 0 Å². The second kappa shape index (κ2) is 6.38. The molecule has 0 aromatic carbocycles. The third kappa shape index (κ3) is 2.90. The number of fused-ring (bicyclic) bond motifs is 2. The molecule has 0 aliphatic carbocycles. The fourth-order valence-electron chi connectivity index (χ4n) is 3.65. The van der Waals surface area contributed by atoms with E-state index in [0.717, 1.165) is 49.5 Å². The van der Waals surface area contributed by atoms with Gasteiger partial charge in [0.25, 0.3) is 0 Å².